The van der Waals surface area contributed by atoms with Crippen molar-refractivity contribution in [2.75, 3.05) is 5.75 Å². The molecule has 1 aromatic carbocycles. The van der Waals surface area contributed by atoms with Crippen LogP contribution in [0.4, 0.5) is 0 Å². The van der Waals surface area contributed by atoms with E-state index in [-0.39, 0.29) is 11.7 Å². The Balaban J connectivity index is 1.71. The maximum absolute atomic E-state index is 11.8. The number of carboxylic acid groups (broad SMARTS) is 1. The third-order valence-corrected chi connectivity index (χ3v) is 4.53. The average Bonchev–Trinajstić information content (AvgIpc) is 3.22. The summed E-state index contributed by atoms with van der Waals surface area (Å²) in [6, 6.07) is 6.73. The Labute approximate surface area is 133 Å². The zero-order valence-corrected chi connectivity index (χ0v) is 13.1. The van der Waals surface area contributed by atoms with Crippen molar-refractivity contribution in [2.24, 2.45) is 5.92 Å². The highest BCUT2D eigenvalue weighted by Gasteiger charge is 2.30. The van der Waals surface area contributed by atoms with Crippen molar-refractivity contribution in [1.29, 1.82) is 0 Å². The number of thioether (sulfide) groups is 1. The van der Waals surface area contributed by atoms with Gasteiger partial charge in [-0.05, 0) is 30.0 Å². The second-order valence-corrected chi connectivity index (χ2v) is 6.68. The van der Waals surface area contributed by atoms with Crippen molar-refractivity contribution in [2.45, 2.75) is 31.1 Å². The van der Waals surface area contributed by atoms with Crippen LogP contribution in [0.15, 0.2) is 24.3 Å². The molecule has 1 amide bonds. The van der Waals surface area contributed by atoms with E-state index in [4.69, 9.17) is 16.7 Å². The van der Waals surface area contributed by atoms with Crippen molar-refractivity contribution in [3.8, 4) is 0 Å². The first-order chi connectivity index (χ1) is 10.0. The number of rotatable bonds is 8. The van der Waals surface area contributed by atoms with E-state index in [1.54, 1.807) is 6.07 Å². The first kappa shape index (κ1) is 16.2. The molecule has 1 aliphatic rings. The van der Waals surface area contributed by atoms with Gasteiger partial charge in [-0.3, -0.25) is 4.79 Å². The topological polar surface area (TPSA) is 66.4 Å². The number of aliphatic carboxylic acids is 1. The molecule has 0 saturated heterocycles. The molecule has 2 rings (SSSR count). The predicted molar refractivity (Wildman–Crippen MR) is 84.5 cm³/mol. The fourth-order valence-electron chi connectivity index (χ4n) is 2.03. The maximum atomic E-state index is 11.8. The lowest BCUT2D eigenvalue weighted by Crippen LogP contribution is -2.42. The lowest BCUT2D eigenvalue weighted by molar-refractivity contribution is -0.141. The molecule has 1 unspecified atom stereocenters. The minimum absolute atomic E-state index is 0.227. The molecule has 6 heteroatoms. The number of hydrogen-bond acceptors (Lipinski definition) is 3. The molecule has 0 spiro atoms. The van der Waals surface area contributed by atoms with Gasteiger partial charge in [-0.2, -0.15) is 0 Å². The number of nitrogens with one attached hydrogen (secondary N) is 1. The molecule has 0 bridgehead atoms. The molecule has 0 aromatic heterocycles. The number of halogens is 1. The molecule has 1 fully saturated rings. The van der Waals surface area contributed by atoms with E-state index in [1.807, 2.05) is 18.2 Å². The second kappa shape index (κ2) is 7.71. The van der Waals surface area contributed by atoms with Gasteiger partial charge in [0.1, 0.15) is 6.04 Å². The first-order valence-corrected chi connectivity index (χ1v) is 8.42. The molecule has 4 nitrogen and oxygen atoms in total. The Morgan fingerprint density at radius 2 is 2.19 bits per heavy atom. The maximum Gasteiger partial charge on any atom is 0.326 e. The van der Waals surface area contributed by atoms with Gasteiger partial charge in [-0.15, -0.1) is 11.8 Å². The molecule has 0 heterocycles. The molecule has 2 N–H and O–H groups in total. The van der Waals surface area contributed by atoms with Crippen molar-refractivity contribution in [3.05, 3.63) is 34.9 Å². The molecule has 1 aromatic rings. The van der Waals surface area contributed by atoms with Crippen LogP contribution in [0, 0.1) is 5.92 Å². The summed E-state index contributed by atoms with van der Waals surface area (Å²) >= 11 is 7.34. The summed E-state index contributed by atoms with van der Waals surface area (Å²) in [4.78, 5) is 22.9. The van der Waals surface area contributed by atoms with Gasteiger partial charge in [0.05, 0.1) is 5.75 Å². The Hall–Kier alpha value is -1.20. The summed E-state index contributed by atoms with van der Waals surface area (Å²) in [6.45, 7) is 0. The van der Waals surface area contributed by atoms with E-state index in [0.29, 0.717) is 23.1 Å². The van der Waals surface area contributed by atoms with Gasteiger partial charge >= 0.3 is 5.97 Å². The summed E-state index contributed by atoms with van der Waals surface area (Å²) in [5.41, 5.74) is 1.05. The molecule has 21 heavy (non-hydrogen) atoms. The highest BCUT2D eigenvalue weighted by molar-refractivity contribution is 7.99. The van der Waals surface area contributed by atoms with Gasteiger partial charge in [-0.25, -0.2) is 4.79 Å². The van der Waals surface area contributed by atoms with E-state index < -0.39 is 12.0 Å². The van der Waals surface area contributed by atoms with Crippen LogP contribution in [-0.2, 0) is 15.3 Å². The highest BCUT2D eigenvalue weighted by Crippen LogP contribution is 2.33. The largest absolute Gasteiger partial charge is 0.480 e. The van der Waals surface area contributed by atoms with Crippen molar-refractivity contribution in [1.82, 2.24) is 5.32 Å². The summed E-state index contributed by atoms with van der Waals surface area (Å²) < 4.78 is 0. The quantitative estimate of drug-likeness (QED) is 0.770. The lowest BCUT2D eigenvalue weighted by atomic mass is 10.1. The summed E-state index contributed by atoms with van der Waals surface area (Å²) in [7, 11) is 0. The molecule has 0 radical (unpaired) electrons. The van der Waals surface area contributed by atoms with Gasteiger partial charge in [0.15, 0.2) is 0 Å². The van der Waals surface area contributed by atoms with Gasteiger partial charge < -0.3 is 10.4 Å². The number of benzene rings is 1. The number of carbonyl (C=O) groups excluding carboxylic acids is 1. The molecule has 114 valence electrons. The van der Waals surface area contributed by atoms with Crippen LogP contribution in [0.1, 0.15) is 24.8 Å². The molecule has 1 saturated carbocycles. The third kappa shape index (κ3) is 5.98. The highest BCUT2D eigenvalue weighted by atomic mass is 35.5. The SMILES string of the molecule is O=C(CSCc1cccc(Cl)c1)NC(CC1CC1)C(=O)O. The average molecular weight is 328 g/mol. The fourth-order valence-corrected chi connectivity index (χ4v) is 3.03. The smallest absolute Gasteiger partial charge is 0.326 e. The van der Waals surface area contributed by atoms with Crippen molar-refractivity contribution in [3.63, 3.8) is 0 Å². The van der Waals surface area contributed by atoms with Crippen LogP contribution in [-0.4, -0.2) is 28.8 Å². The zero-order valence-electron chi connectivity index (χ0n) is 11.5. The number of amides is 1. The van der Waals surface area contributed by atoms with Gasteiger partial charge in [0, 0.05) is 10.8 Å². The van der Waals surface area contributed by atoms with Crippen molar-refractivity contribution < 1.29 is 14.7 Å². The zero-order chi connectivity index (χ0) is 15.2. The van der Waals surface area contributed by atoms with E-state index >= 15 is 0 Å². The van der Waals surface area contributed by atoms with Crippen LogP contribution in [0.25, 0.3) is 0 Å². The minimum atomic E-state index is -0.949. The summed E-state index contributed by atoms with van der Waals surface area (Å²) in [5.74, 6) is 0.214. The van der Waals surface area contributed by atoms with E-state index in [9.17, 15) is 9.59 Å². The molecule has 1 aliphatic carbocycles. The number of hydrogen-bond donors (Lipinski definition) is 2. The molecular weight excluding hydrogens is 310 g/mol. The number of carboxylic acids is 1. The van der Waals surface area contributed by atoms with Gasteiger partial charge in [0.2, 0.25) is 5.91 Å². The van der Waals surface area contributed by atoms with E-state index in [0.717, 1.165) is 18.4 Å². The Morgan fingerprint density at radius 1 is 1.43 bits per heavy atom. The van der Waals surface area contributed by atoms with Gasteiger partial charge in [0.25, 0.3) is 0 Å². The third-order valence-electron chi connectivity index (χ3n) is 3.29. The summed E-state index contributed by atoms with van der Waals surface area (Å²) in [5, 5.41) is 12.4. The monoisotopic (exact) mass is 327 g/mol. The van der Waals surface area contributed by atoms with E-state index in [1.165, 1.54) is 11.8 Å². The molecule has 1 atom stereocenters. The fraction of sp³-hybridized carbons (Fsp3) is 0.467. The predicted octanol–water partition coefficient (Wildman–Crippen LogP) is 2.94. The lowest BCUT2D eigenvalue weighted by Gasteiger charge is -2.13. The van der Waals surface area contributed by atoms with Crippen LogP contribution in [0.5, 0.6) is 0 Å². The van der Waals surface area contributed by atoms with Crippen LogP contribution in [0.2, 0.25) is 5.02 Å². The molecular formula is C15H18ClNO3S. The normalized spacial score (nSPS) is 15.5. The van der Waals surface area contributed by atoms with Crippen LogP contribution >= 0.6 is 23.4 Å². The van der Waals surface area contributed by atoms with Gasteiger partial charge in [-0.1, -0.05) is 36.6 Å². The van der Waals surface area contributed by atoms with E-state index in [2.05, 4.69) is 5.32 Å². The first-order valence-electron chi connectivity index (χ1n) is 6.89. The Bertz CT molecular complexity index is 519. The Morgan fingerprint density at radius 3 is 2.81 bits per heavy atom. The van der Waals surface area contributed by atoms with Crippen LogP contribution < -0.4 is 5.32 Å². The van der Waals surface area contributed by atoms with Crippen molar-refractivity contribution >= 4 is 35.2 Å². The second-order valence-electron chi connectivity index (χ2n) is 5.26. The summed E-state index contributed by atoms with van der Waals surface area (Å²) in [6.07, 6.45) is 2.69. The van der Waals surface area contributed by atoms with Crippen LogP contribution in [0.3, 0.4) is 0 Å². The Kier molecular flexibility index (Phi) is 5.94. The molecule has 0 aliphatic heterocycles. The minimum Gasteiger partial charge on any atom is -0.480 e. The standard InChI is InChI=1S/C15H18ClNO3S/c16-12-3-1-2-11(6-12)8-21-9-14(18)17-13(15(19)20)7-10-4-5-10/h1-3,6,10,13H,4-5,7-9H2,(H,17,18)(H,19,20). The number of carbonyl (C=O) groups is 2.